The van der Waals surface area contributed by atoms with Crippen molar-refractivity contribution in [1.29, 1.82) is 5.26 Å². The Labute approximate surface area is 66.5 Å². The third-order valence-corrected chi connectivity index (χ3v) is 1.87. The van der Waals surface area contributed by atoms with E-state index < -0.39 is 5.41 Å². The topological polar surface area (TPSA) is 44.0 Å². The van der Waals surface area contributed by atoms with Crippen LogP contribution < -0.4 is 0 Å². The molecule has 0 aromatic heterocycles. The monoisotopic (exact) mass is 149 g/mol. The van der Waals surface area contributed by atoms with Crippen LogP contribution >= 0.6 is 0 Å². The molecule has 1 aliphatic rings. The minimum Gasteiger partial charge on any atom is -0.395 e. The molecule has 11 heavy (non-hydrogen) atoms. The van der Waals surface area contributed by atoms with E-state index >= 15 is 0 Å². The Balaban J connectivity index is 2.74. The van der Waals surface area contributed by atoms with Crippen LogP contribution in [0.4, 0.5) is 0 Å². The Morgan fingerprint density at radius 3 is 2.55 bits per heavy atom. The highest BCUT2D eigenvalue weighted by Crippen LogP contribution is 2.27. The van der Waals surface area contributed by atoms with Crippen molar-refractivity contribution >= 4 is 0 Å². The molecule has 2 nitrogen and oxygen atoms in total. The maximum absolute atomic E-state index is 9.02. The molecule has 0 aromatic rings. The molecule has 0 spiro atoms. The third kappa shape index (κ3) is 1.69. The molecular weight excluding hydrogens is 138 g/mol. The summed E-state index contributed by atoms with van der Waals surface area (Å²) < 4.78 is 0. The predicted molar refractivity (Wildman–Crippen MR) is 42.6 cm³/mol. The molecule has 0 radical (unpaired) electrons. The normalized spacial score (nSPS) is 19.6. The van der Waals surface area contributed by atoms with E-state index in [2.05, 4.69) is 6.07 Å². The molecule has 1 aliphatic carbocycles. The summed E-state index contributed by atoms with van der Waals surface area (Å²) in [4.78, 5) is 0. The number of hydrogen-bond acceptors (Lipinski definition) is 2. The molecule has 0 atom stereocenters. The third-order valence-electron chi connectivity index (χ3n) is 1.87. The Morgan fingerprint density at radius 2 is 2.09 bits per heavy atom. The molecule has 58 valence electrons. The van der Waals surface area contributed by atoms with Gasteiger partial charge in [0, 0.05) is 11.8 Å². The fraction of sp³-hybridized carbons (Fsp3) is 0.444. The van der Waals surface area contributed by atoms with Crippen LogP contribution in [0.2, 0.25) is 0 Å². The summed E-state index contributed by atoms with van der Waals surface area (Å²) in [7, 11) is 0. The highest BCUT2D eigenvalue weighted by molar-refractivity contribution is 5.19. The minimum atomic E-state index is -0.396. The second kappa shape index (κ2) is 3.36. The van der Waals surface area contributed by atoms with Crippen LogP contribution in [0, 0.1) is 16.7 Å². The zero-order chi connectivity index (χ0) is 8.16. The minimum absolute atomic E-state index is 0.0214. The molecule has 0 saturated carbocycles. The smallest absolute Gasteiger partial charge is 0.0635 e. The van der Waals surface area contributed by atoms with Crippen molar-refractivity contribution in [3.8, 4) is 6.07 Å². The molecule has 0 bridgehead atoms. The molecule has 2 heteroatoms. The number of aliphatic hydroxyl groups excluding tert-OH is 1. The maximum Gasteiger partial charge on any atom is 0.0635 e. The van der Waals surface area contributed by atoms with E-state index in [0.29, 0.717) is 6.42 Å². The van der Waals surface area contributed by atoms with Gasteiger partial charge in [-0.05, 0) is 6.42 Å². The van der Waals surface area contributed by atoms with Gasteiger partial charge in [-0.3, -0.25) is 0 Å². The van der Waals surface area contributed by atoms with Gasteiger partial charge in [0.25, 0.3) is 0 Å². The molecule has 0 aliphatic heterocycles. The molecule has 1 N–H and O–H groups in total. The molecule has 0 aromatic carbocycles. The predicted octanol–water partition coefficient (Wildman–Crippen LogP) is 1.39. The first-order valence-electron chi connectivity index (χ1n) is 3.66. The van der Waals surface area contributed by atoms with Gasteiger partial charge in [-0.15, -0.1) is 0 Å². The number of hydrogen-bond donors (Lipinski definition) is 1. The van der Waals surface area contributed by atoms with Gasteiger partial charge >= 0.3 is 0 Å². The second-order valence-electron chi connectivity index (χ2n) is 2.77. The molecule has 0 fully saturated rings. The highest BCUT2D eigenvalue weighted by Gasteiger charge is 2.23. The summed E-state index contributed by atoms with van der Waals surface area (Å²) in [6, 6.07) is 2.07. The number of allylic oxidation sites excluding steroid dienone is 2. The number of aliphatic hydroxyl groups is 1. The van der Waals surface area contributed by atoms with Crippen LogP contribution in [-0.4, -0.2) is 11.7 Å². The number of rotatable bonds is 2. The van der Waals surface area contributed by atoms with Gasteiger partial charge in [-0.1, -0.05) is 24.3 Å². The molecule has 0 unspecified atom stereocenters. The Bertz CT molecular complexity index is 210. The van der Waals surface area contributed by atoms with E-state index in [4.69, 9.17) is 10.4 Å². The van der Waals surface area contributed by atoms with Gasteiger partial charge in [-0.25, -0.2) is 0 Å². The second-order valence-corrected chi connectivity index (χ2v) is 2.77. The van der Waals surface area contributed by atoms with Gasteiger partial charge in [-0.2, -0.15) is 5.26 Å². The summed E-state index contributed by atoms with van der Waals surface area (Å²) in [5.41, 5.74) is -0.396. The van der Waals surface area contributed by atoms with E-state index in [0.717, 1.165) is 6.42 Å². The fourth-order valence-electron chi connectivity index (χ4n) is 1.17. The van der Waals surface area contributed by atoms with E-state index in [1.807, 2.05) is 24.3 Å². The standard InChI is InChI=1S/C9H11NO/c10-7-6-9(8-11)4-2-1-3-5-9/h2-5,11H,1,6,8H2. The van der Waals surface area contributed by atoms with Gasteiger partial charge in [0.05, 0.1) is 12.7 Å². The van der Waals surface area contributed by atoms with Crippen molar-refractivity contribution in [1.82, 2.24) is 0 Å². The molecule has 1 rings (SSSR count). The van der Waals surface area contributed by atoms with Gasteiger partial charge in [0.2, 0.25) is 0 Å². The van der Waals surface area contributed by atoms with Crippen LogP contribution in [0.15, 0.2) is 24.3 Å². The van der Waals surface area contributed by atoms with Crippen LogP contribution in [-0.2, 0) is 0 Å². The van der Waals surface area contributed by atoms with Crippen molar-refractivity contribution in [2.24, 2.45) is 5.41 Å². The summed E-state index contributed by atoms with van der Waals surface area (Å²) in [6.45, 7) is 0.0214. The first kappa shape index (κ1) is 8.03. The molecule has 0 saturated heterocycles. The van der Waals surface area contributed by atoms with E-state index in [1.54, 1.807) is 0 Å². The van der Waals surface area contributed by atoms with Crippen LogP contribution in [0.5, 0.6) is 0 Å². The van der Waals surface area contributed by atoms with Gasteiger partial charge in [0.15, 0.2) is 0 Å². The van der Waals surface area contributed by atoms with Crippen molar-refractivity contribution in [2.45, 2.75) is 12.8 Å². The highest BCUT2D eigenvalue weighted by atomic mass is 16.3. The molecular formula is C9H11NO. The quantitative estimate of drug-likeness (QED) is 0.603. The lowest BCUT2D eigenvalue weighted by Gasteiger charge is -2.23. The zero-order valence-corrected chi connectivity index (χ0v) is 6.33. The van der Waals surface area contributed by atoms with Crippen molar-refractivity contribution in [2.75, 3.05) is 6.61 Å². The average Bonchev–Trinajstić information content (AvgIpc) is 2.07. The van der Waals surface area contributed by atoms with Gasteiger partial charge < -0.3 is 5.11 Å². The lowest BCUT2D eigenvalue weighted by molar-refractivity contribution is 0.208. The van der Waals surface area contributed by atoms with Crippen LogP contribution in [0.25, 0.3) is 0 Å². The summed E-state index contributed by atoms with van der Waals surface area (Å²) in [5, 5.41) is 17.5. The lowest BCUT2D eigenvalue weighted by Crippen LogP contribution is -2.20. The Kier molecular flexibility index (Phi) is 2.45. The Morgan fingerprint density at radius 1 is 1.45 bits per heavy atom. The fourth-order valence-corrected chi connectivity index (χ4v) is 1.17. The van der Waals surface area contributed by atoms with E-state index in [1.165, 1.54) is 0 Å². The summed E-state index contributed by atoms with van der Waals surface area (Å²) >= 11 is 0. The Hall–Kier alpha value is -1.07. The van der Waals surface area contributed by atoms with Gasteiger partial charge in [0.1, 0.15) is 0 Å². The SMILES string of the molecule is N#CCC1(CO)C=CCC=C1. The lowest BCUT2D eigenvalue weighted by atomic mass is 9.82. The average molecular weight is 149 g/mol. The zero-order valence-electron chi connectivity index (χ0n) is 6.33. The van der Waals surface area contributed by atoms with Crippen molar-refractivity contribution in [3.63, 3.8) is 0 Å². The summed E-state index contributed by atoms with van der Waals surface area (Å²) in [5.74, 6) is 0. The van der Waals surface area contributed by atoms with E-state index in [-0.39, 0.29) is 6.61 Å². The maximum atomic E-state index is 9.02. The summed E-state index contributed by atoms with van der Waals surface area (Å²) in [6.07, 6.45) is 9.05. The largest absolute Gasteiger partial charge is 0.395 e. The van der Waals surface area contributed by atoms with Crippen molar-refractivity contribution < 1.29 is 5.11 Å². The first-order valence-corrected chi connectivity index (χ1v) is 3.66. The number of nitriles is 1. The molecule has 0 amide bonds. The molecule has 0 heterocycles. The van der Waals surface area contributed by atoms with Crippen LogP contribution in [0.1, 0.15) is 12.8 Å². The van der Waals surface area contributed by atoms with Crippen LogP contribution in [0.3, 0.4) is 0 Å². The van der Waals surface area contributed by atoms with Crippen molar-refractivity contribution in [3.05, 3.63) is 24.3 Å². The first-order chi connectivity index (χ1) is 5.33. The van der Waals surface area contributed by atoms with E-state index in [9.17, 15) is 0 Å². The number of nitrogens with zero attached hydrogens (tertiary/aromatic N) is 1.